The van der Waals surface area contributed by atoms with Gasteiger partial charge in [0.25, 0.3) is 0 Å². The summed E-state index contributed by atoms with van der Waals surface area (Å²) in [5.41, 5.74) is 0. The second-order valence-electron chi connectivity index (χ2n) is 2.14. The fourth-order valence-electron chi connectivity index (χ4n) is 0.874. The largest absolute Gasteiger partial charge is 0.0845 e. The van der Waals surface area contributed by atoms with Crippen molar-refractivity contribution in [3.8, 4) is 0 Å². The minimum atomic E-state index is 0. The average Bonchev–Trinajstić information content (AvgIpc) is 1.62. The van der Waals surface area contributed by atoms with Gasteiger partial charge in [0.2, 0.25) is 0 Å². The Balaban J connectivity index is 0.000000640. The van der Waals surface area contributed by atoms with Crippen molar-refractivity contribution in [3.05, 3.63) is 24.3 Å². The van der Waals surface area contributed by atoms with Gasteiger partial charge in [-0.15, -0.1) is 0 Å². The molecule has 0 unspecified atom stereocenters. The predicted molar refractivity (Wildman–Crippen MR) is 36.7 cm³/mol. The average molecular weight is 215 g/mol. The molecule has 1 heteroatoms. The van der Waals surface area contributed by atoms with Gasteiger partial charge in [0.05, 0.1) is 0 Å². The molecular formula is C8H12Pd. The number of rotatable bonds is 0. The van der Waals surface area contributed by atoms with Crippen molar-refractivity contribution < 1.29 is 20.4 Å². The van der Waals surface area contributed by atoms with Crippen LogP contribution in [-0.4, -0.2) is 0 Å². The fraction of sp³-hybridized carbons (Fsp3) is 0.500. The van der Waals surface area contributed by atoms with Crippen LogP contribution in [-0.2, 0) is 20.4 Å². The summed E-state index contributed by atoms with van der Waals surface area (Å²) in [4.78, 5) is 0. The van der Waals surface area contributed by atoms with Crippen LogP contribution in [0.3, 0.4) is 0 Å². The van der Waals surface area contributed by atoms with E-state index in [9.17, 15) is 0 Å². The van der Waals surface area contributed by atoms with E-state index in [2.05, 4.69) is 24.3 Å². The molecule has 54 valence electrons. The first-order chi connectivity index (χ1) is 4.00. The van der Waals surface area contributed by atoms with Gasteiger partial charge in [-0.3, -0.25) is 0 Å². The van der Waals surface area contributed by atoms with Crippen LogP contribution in [0, 0.1) is 0 Å². The molecule has 0 aromatic carbocycles. The maximum absolute atomic E-state index is 2.23. The fourth-order valence-corrected chi connectivity index (χ4v) is 0.874. The monoisotopic (exact) mass is 214 g/mol. The minimum Gasteiger partial charge on any atom is -0.0845 e. The second kappa shape index (κ2) is 6.27. The zero-order valence-corrected chi connectivity index (χ0v) is 7.01. The van der Waals surface area contributed by atoms with Crippen molar-refractivity contribution in [1.82, 2.24) is 0 Å². The Morgan fingerprint density at radius 3 is 1.67 bits per heavy atom. The summed E-state index contributed by atoms with van der Waals surface area (Å²) in [6.07, 6.45) is 14.0. The summed E-state index contributed by atoms with van der Waals surface area (Å²) in [6.45, 7) is 0. The van der Waals surface area contributed by atoms with Gasteiger partial charge in [-0.25, -0.2) is 0 Å². The molecule has 0 radical (unpaired) electrons. The van der Waals surface area contributed by atoms with Gasteiger partial charge >= 0.3 is 0 Å². The van der Waals surface area contributed by atoms with Crippen molar-refractivity contribution in [2.45, 2.75) is 25.7 Å². The van der Waals surface area contributed by atoms with Crippen LogP contribution in [0.2, 0.25) is 0 Å². The van der Waals surface area contributed by atoms with Crippen molar-refractivity contribution in [3.63, 3.8) is 0 Å². The van der Waals surface area contributed by atoms with Gasteiger partial charge in [-0.05, 0) is 25.7 Å². The standard InChI is InChI=1S/C8H12.Pd/c1-2-4-6-8-7-5-3-1;/h1-4H,5-8H2;/b3-1-,4-2-;. The molecule has 9 heavy (non-hydrogen) atoms. The Labute approximate surface area is 70.7 Å². The summed E-state index contributed by atoms with van der Waals surface area (Å²) in [5, 5.41) is 0. The zero-order chi connectivity index (χ0) is 5.66. The zero-order valence-electron chi connectivity index (χ0n) is 5.45. The summed E-state index contributed by atoms with van der Waals surface area (Å²) in [7, 11) is 0. The van der Waals surface area contributed by atoms with Crippen molar-refractivity contribution in [2.24, 2.45) is 0 Å². The molecule has 0 amide bonds. The molecule has 0 aromatic heterocycles. The molecule has 0 nitrogen and oxygen atoms in total. The first-order valence-electron chi connectivity index (χ1n) is 3.32. The number of allylic oxidation sites excluding steroid dienone is 4. The molecule has 0 aliphatic heterocycles. The smallest absolute Gasteiger partial charge is 0 e. The van der Waals surface area contributed by atoms with E-state index in [-0.39, 0.29) is 20.4 Å². The van der Waals surface area contributed by atoms with E-state index in [4.69, 9.17) is 0 Å². The first kappa shape index (κ1) is 9.14. The molecule has 0 atom stereocenters. The normalized spacial score (nSPS) is 24.9. The number of hydrogen-bond donors (Lipinski definition) is 0. The molecule has 0 spiro atoms. The Kier molecular flexibility index (Phi) is 6.36. The topological polar surface area (TPSA) is 0 Å². The van der Waals surface area contributed by atoms with E-state index in [1.54, 1.807) is 0 Å². The quantitative estimate of drug-likeness (QED) is 0.544. The Bertz CT molecular complexity index is 89.1. The predicted octanol–water partition coefficient (Wildman–Crippen LogP) is 2.67. The van der Waals surface area contributed by atoms with Gasteiger partial charge in [0, 0.05) is 20.4 Å². The molecule has 0 saturated carbocycles. The van der Waals surface area contributed by atoms with Crippen LogP contribution in [0.15, 0.2) is 24.3 Å². The van der Waals surface area contributed by atoms with Crippen LogP contribution in [0.25, 0.3) is 0 Å². The molecule has 0 fully saturated rings. The molecule has 1 aliphatic carbocycles. The minimum absolute atomic E-state index is 0. The van der Waals surface area contributed by atoms with Crippen molar-refractivity contribution >= 4 is 0 Å². The van der Waals surface area contributed by atoms with Crippen molar-refractivity contribution in [1.29, 1.82) is 0 Å². The molecule has 0 heterocycles. The van der Waals surface area contributed by atoms with Gasteiger partial charge in [-0.1, -0.05) is 24.3 Å². The van der Waals surface area contributed by atoms with Crippen LogP contribution in [0.5, 0.6) is 0 Å². The summed E-state index contributed by atoms with van der Waals surface area (Å²) in [6, 6.07) is 0. The van der Waals surface area contributed by atoms with E-state index in [1.807, 2.05) is 0 Å². The van der Waals surface area contributed by atoms with Crippen LogP contribution >= 0.6 is 0 Å². The summed E-state index contributed by atoms with van der Waals surface area (Å²) < 4.78 is 0. The molecule has 0 saturated heterocycles. The van der Waals surface area contributed by atoms with Crippen molar-refractivity contribution in [2.75, 3.05) is 0 Å². The van der Waals surface area contributed by atoms with Gasteiger partial charge < -0.3 is 0 Å². The van der Waals surface area contributed by atoms with Crippen LogP contribution in [0.4, 0.5) is 0 Å². The molecular weight excluding hydrogens is 203 g/mol. The summed E-state index contributed by atoms with van der Waals surface area (Å²) in [5.74, 6) is 0. The maximum atomic E-state index is 2.23. The summed E-state index contributed by atoms with van der Waals surface area (Å²) >= 11 is 0. The van der Waals surface area contributed by atoms with E-state index in [1.165, 1.54) is 25.7 Å². The number of hydrogen-bond acceptors (Lipinski definition) is 0. The van der Waals surface area contributed by atoms with Gasteiger partial charge in [0.15, 0.2) is 0 Å². The SMILES string of the molecule is C1=C\CCCC\C=C/1.[Pd]. The second-order valence-corrected chi connectivity index (χ2v) is 2.14. The third kappa shape index (κ3) is 4.63. The molecule has 0 aromatic rings. The van der Waals surface area contributed by atoms with E-state index >= 15 is 0 Å². The molecule has 0 N–H and O–H groups in total. The third-order valence-corrected chi connectivity index (χ3v) is 1.37. The van der Waals surface area contributed by atoms with Gasteiger partial charge in [-0.2, -0.15) is 0 Å². The van der Waals surface area contributed by atoms with Gasteiger partial charge in [0.1, 0.15) is 0 Å². The van der Waals surface area contributed by atoms with Crippen LogP contribution < -0.4 is 0 Å². The Morgan fingerprint density at radius 1 is 0.778 bits per heavy atom. The van der Waals surface area contributed by atoms with E-state index in [0.29, 0.717) is 0 Å². The maximum Gasteiger partial charge on any atom is 0 e. The molecule has 1 rings (SSSR count). The van der Waals surface area contributed by atoms with Crippen LogP contribution in [0.1, 0.15) is 25.7 Å². The third-order valence-electron chi connectivity index (χ3n) is 1.37. The Hall–Kier alpha value is 0.142. The van der Waals surface area contributed by atoms with E-state index < -0.39 is 0 Å². The molecule has 1 aliphatic rings. The first-order valence-corrected chi connectivity index (χ1v) is 3.32. The van der Waals surface area contributed by atoms with E-state index in [0.717, 1.165) is 0 Å². The Morgan fingerprint density at radius 2 is 1.22 bits per heavy atom. The molecule has 0 bridgehead atoms.